The van der Waals surface area contributed by atoms with Crippen molar-refractivity contribution in [3.05, 3.63) is 59.7 Å². The summed E-state index contributed by atoms with van der Waals surface area (Å²) < 4.78 is 0. The van der Waals surface area contributed by atoms with E-state index < -0.39 is 16.0 Å². The van der Waals surface area contributed by atoms with Crippen molar-refractivity contribution >= 4 is 26.6 Å². The molecule has 0 N–H and O–H groups in total. The number of hydrogen-bond donors (Lipinski definition) is 0. The molecule has 2 rings (SSSR count). The summed E-state index contributed by atoms with van der Waals surface area (Å²) >= 11 is 0. The van der Waals surface area contributed by atoms with Crippen LogP contribution in [0.3, 0.4) is 0 Å². The summed E-state index contributed by atoms with van der Waals surface area (Å²) in [5, 5.41) is 2.70. The van der Waals surface area contributed by atoms with Crippen LogP contribution < -0.4 is 10.6 Å². The highest BCUT2D eigenvalue weighted by molar-refractivity contribution is 7.77. The van der Waals surface area contributed by atoms with Crippen LogP contribution in [0.5, 0.6) is 0 Å². The molecule has 0 saturated heterocycles. The Morgan fingerprint density at radius 3 is 1.43 bits per heavy atom. The van der Waals surface area contributed by atoms with E-state index in [1.54, 1.807) is 0 Å². The first kappa shape index (κ1) is 16.0. The highest BCUT2D eigenvalue weighted by Gasteiger charge is 2.13. The lowest BCUT2D eigenvalue weighted by Crippen LogP contribution is -2.17. The molecule has 2 heteroatoms. The lowest BCUT2D eigenvalue weighted by atomic mass is 10.2. The highest BCUT2D eigenvalue weighted by atomic mass is 31.1. The molecule has 0 unspecified atom stereocenters. The predicted molar refractivity (Wildman–Crippen MR) is 99.7 cm³/mol. The van der Waals surface area contributed by atoms with Crippen LogP contribution in [0, 0.1) is 25.1 Å². The monoisotopic (exact) mass is 310 g/mol. The fourth-order valence-corrected chi connectivity index (χ4v) is 5.13. The number of hydrogen-bond acceptors (Lipinski definition) is 0. The summed E-state index contributed by atoms with van der Waals surface area (Å²) in [6.45, 7) is 11.2. The van der Waals surface area contributed by atoms with E-state index in [1.165, 1.54) is 21.7 Å². The molecule has 0 radical (unpaired) electrons. The van der Waals surface area contributed by atoms with E-state index in [4.69, 9.17) is 0 Å². The van der Waals surface area contributed by atoms with Crippen molar-refractivity contribution in [3.8, 4) is 11.2 Å². The van der Waals surface area contributed by atoms with E-state index in [2.05, 4.69) is 93.2 Å². The molecule has 0 atom stereocenters. The third kappa shape index (κ3) is 4.85. The van der Waals surface area contributed by atoms with Crippen LogP contribution in [0.25, 0.3) is 0 Å². The van der Waals surface area contributed by atoms with Crippen molar-refractivity contribution in [3.63, 3.8) is 0 Å². The van der Waals surface area contributed by atoms with Gasteiger partial charge in [-0.15, -0.1) is 5.54 Å². The summed E-state index contributed by atoms with van der Waals surface area (Å²) in [4.78, 5) is 0. The van der Waals surface area contributed by atoms with E-state index in [9.17, 15) is 0 Å². The Balaban J connectivity index is 2.45. The summed E-state index contributed by atoms with van der Waals surface area (Å²) in [5.74, 6) is 0. The van der Waals surface area contributed by atoms with Gasteiger partial charge in [-0.25, -0.2) is 0 Å². The molecule has 0 nitrogen and oxygen atoms in total. The molecule has 0 fully saturated rings. The second-order valence-electron chi connectivity index (χ2n) is 6.49. The maximum absolute atomic E-state index is 3.61. The minimum atomic E-state index is -1.35. The minimum Gasteiger partial charge on any atom is -0.127 e. The summed E-state index contributed by atoms with van der Waals surface area (Å²) in [5.41, 5.74) is 9.78. The van der Waals surface area contributed by atoms with Crippen LogP contribution >= 0.6 is 7.92 Å². The van der Waals surface area contributed by atoms with Gasteiger partial charge in [-0.1, -0.05) is 85.0 Å². The van der Waals surface area contributed by atoms with Crippen molar-refractivity contribution in [2.45, 2.75) is 33.5 Å². The van der Waals surface area contributed by atoms with Crippen LogP contribution in [-0.4, -0.2) is 8.07 Å². The molecule has 0 aromatic heterocycles. The maximum Gasteiger partial charge on any atom is 0.129 e. The summed E-state index contributed by atoms with van der Waals surface area (Å²) in [6, 6.07) is 17.7. The first-order valence-electron chi connectivity index (χ1n) is 7.31. The third-order valence-corrected chi connectivity index (χ3v) is 6.18. The Morgan fingerprint density at radius 1 is 0.714 bits per heavy atom. The number of aryl methyl sites for hydroxylation is 2. The largest absolute Gasteiger partial charge is 0.129 e. The molecule has 0 spiro atoms. The fourth-order valence-electron chi connectivity index (χ4n) is 1.89. The molecular formula is C19H23PSi. The highest BCUT2D eigenvalue weighted by Crippen LogP contribution is 2.32. The molecule has 2 aromatic rings. The molecule has 21 heavy (non-hydrogen) atoms. The normalized spacial score (nSPS) is 11.1. The Hall–Kier alpha value is -1.35. The van der Waals surface area contributed by atoms with Gasteiger partial charge in [0.1, 0.15) is 8.07 Å². The molecule has 0 amide bonds. The fraction of sp³-hybridized carbons (Fsp3) is 0.263. The van der Waals surface area contributed by atoms with Gasteiger partial charge in [0, 0.05) is 7.92 Å². The van der Waals surface area contributed by atoms with E-state index in [1.807, 2.05) is 0 Å². The molecule has 108 valence electrons. The molecule has 0 aliphatic rings. The minimum absolute atomic E-state index is 0.566. The summed E-state index contributed by atoms with van der Waals surface area (Å²) in [6.07, 6.45) is 0. The standard InChI is InChI=1S/C19H23PSi/c1-16-6-10-18(11-7-16)20(14-15-21(3,4)5)19-12-8-17(2)9-13-19/h6-13H,1-5H3. The van der Waals surface area contributed by atoms with Crippen LogP contribution in [0.2, 0.25) is 19.6 Å². The van der Waals surface area contributed by atoms with Gasteiger partial charge in [-0.05, 0) is 24.5 Å². The first-order chi connectivity index (χ1) is 9.85. The van der Waals surface area contributed by atoms with Crippen molar-refractivity contribution in [2.24, 2.45) is 0 Å². The third-order valence-electron chi connectivity index (χ3n) is 3.13. The molecule has 0 aliphatic carbocycles. The van der Waals surface area contributed by atoms with Crippen LogP contribution in [0.15, 0.2) is 48.5 Å². The molecular weight excluding hydrogens is 287 g/mol. The van der Waals surface area contributed by atoms with Crippen LogP contribution in [-0.2, 0) is 0 Å². The van der Waals surface area contributed by atoms with Gasteiger partial charge in [-0.3, -0.25) is 0 Å². The average molecular weight is 310 g/mol. The summed E-state index contributed by atoms with van der Waals surface area (Å²) in [7, 11) is -1.92. The van der Waals surface area contributed by atoms with Crippen molar-refractivity contribution in [1.29, 1.82) is 0 Å². The second kappa shape index (κ2) is 6.61. The van der Waals surface area contributed by atoms with Crippen LogP contribution in [0.4, 0.5) is 0 Å². The molecule has 0 bridgehead atoms. The van der Waals surface area contributed by atoms with Gasteiger partial charge >= 0.3 is 0 Å². The van der Waals surface area contributed by atoms with Gasteiger partial charge in [-0.2, -0.15) is 0 Å². The van der Waals surface area contributed by atoms with Crippen molar-refractivity contribution in [1.82, 2.24) is 0 Å². The second-order valence-corrected chi connectivity index (χ2v) is 13.2. The van der Waals surface area contributed by atoms with E-state index in [0.29, 0.717) is 0 Å². The quantitative estimate of drug-likeness (QED) is 0.433. The number of benzene rings is 2. The van der Waals surface area contributed by atoms with Crippen LogP contribution in [0.1, 0.15) is 11.1 Å². The zero-order valence-electron chi connectivity index (χ0n) is 13.6. The molecule has 0 heterocycles. The molecule has 2 aromatic carbocycles. The number of rotatable bonds is 2. The van der Waals surface area contributed by atoms with Crippen molar-refractivity contribution in [2.75, 3.05) is 0 Å². The van der Waals surface area contributed by atoms with Gasteiger partial charge in [0.15, 0.2) is 0 Å². The predicted octanol–water partition coefficient (Wildman–Crippen LogP) is 4.57. The van der Waals surface area contributed by atoms with E-state index in [-0.39, 0.29) is 0 Å². The lowest BCUT2D eigenvalue weighted by molar-refractivity contribution is 1.49. The van der Waals surface area contributed by atoms with E-state index >= 15 is 0 Å². The zero-order valence-corrected chi connectivity index (χ0v) is 15.5. The Morgan fingerprint density at radius 2 is 1.10 bits per heavy atom. The molecule has 0 aliphatic heterocycles. The maximum atomic E-state index is 3.61. The van der Waals surface area contributed by atoms with E-state index in [0.717, 1.165) is 0 Å². The zero-order chi connectivity index (χ0) is 15.5. The van der Waals surface area contributed by atoms with Gasteiger partial charge < -0.3 is 0 Å². The van der Waals surface area contributed by atoms with Gasteiger partial charge in [0.2, 0.25) is 0 Å². The SMILES string of the molecule is Cc1ccc(P(C#C[Si](C)(C)C)c2ccc(C)cc2)cc1. The smallest absolute Gasteiger partial charge is 0.127 e. The Labute approximate surface area is 131 Å². The Kier molecular flexibility index (Phi) is 5.04. The lowest BCUT2D eigenvalue weighted by Gasteiger charge is -2.14. The molecule has 0 saturated carbocycles. The van der Waals surface area contributed by atoms with Gasteiger partial charge in [0.25, 0.3) is 0 Å². The van der Waals surface area contributed by atoms with Crippen molar-refractivity contribution < 1.29 is 0 Å². The first-order valence-corrected chi connectivity index (χ1v) is 12.2. The van der Waals surface area contributed by atoms with Gasteiger partial charge in [0.05, 0.1) is 0 Å². The average Bonchev–Trinajstić information content (AvgIpc) is 2.41. The Bertz CT molecular complexity index is 606. The topological polar surface area (TPSA) is 0 Å².